The van der Waals surface area contributed by atoms with E-state index in [0.29, 0.717) is 6.54 Å². The van der Waals surface area contributed by atoms with Crippen molar-refractivity contribution in [3.05, 3.63) is 46.3 Å². The molecule has 2 aliphatic rings. The Labute approximate surface area is 142 Å². The number of fused-ring (bicyclic) bond motifs is 2. The summed E-state index contributed by atoms with van der Waals surface area (Å²) in [6.45, 7) is 3.33. The highest BCUT2D eigenvalue weighted by molar-refractivity contribution is 5.94. The second kappa shape index (κ2) is 6.30. The van der Waals surface area contributed by atoms with Crippen LogP contribution < -0.4 is 10.2 Å². The van der Waals surface area contributed by atoms with Crippen LogP contribution in [0.5, 0.6) is 0 Å². The number of benzene rings is 1. The summed E-state index contributed by atoms with van der Waals surface area (Å²) in [4.78, 5) is 14.4. The number of hydrogen-bond donors (Lipinski definition) is 1. The number of rotatable bonds is 3. The maximum absolute atomic E-state index is 12.6. The minimum absolute atomic E-state index is 0.0504. The van der Waals surface area contributed by atoms with Gasteiger partial charge in [0.1, 0.15) is 11.5 Å². The maximum Gasteiger partial charge on any atom is 0.322 e. The van der Waals surface area contributed by atoms with E-state index in [9.17, 15) is 4.79 Å². The summed E-state index contributed by atoms with van der Waals surface area (Å²) in [5.41, 5.74) is 5.72. The average molecular weight is 325 g/mol. The monoisotopic (exact) mass is 325 g/mol. The van der Waals surface area contributed by atoms with Crippen LogP contribution in [-0.2, 0) is 32.2 Å². The lowest BCUT2D eigenvalue weighted by Gasteiger charge is -2.18. The Bertz CT molecular complexity index is 766. The van der Waals surface area contributed by atoms with Crippen molar-refractivity contribution < 1.29 is 9.32 Å². The molecule has 0 unspecified atom stereocenters. The molecule has 0 saturated carbocycles. The van der Waals surface area contributed by atoms with Gasteiger partial charge < -0.3 is 9.84 Å². The molecule has 1 aliphatic heterocycles. The number of anilines is 1. The molecule has 1 aromatic heterocycles. The first-order valence-electron chi connectivity index (χ1n) is 8.89. The first-order chi connectivity index (χ1) is 11.8. The Kier molecular flexibility index (Phi) is 4.00. The van der Waals surface area contributed by atoms with Crippen molar-refractivity contribution in [2.45, 2.75) is 52.0 Å². The largest absolute Gasteiger partial charge is 0.361 e. The van der Waals surface area contributed by atoms with E-state index in [2.05, 4.69) is 35.6 Å². The molecule has 2 amide bonds. The van der Waals surface area contributed by atoms with Crippen molar-refractivity contribution in [3.63, 3.8) is 0 Å². The number of amides is 2. The van der Waals surface area contributed by atoms with Crippen molar-refractivity contribution in [3.8, 4) is 0 Å². The van der Waals surface area contributed by atoms with Crippen molar-refractivity contribution in [2.24, 2.45) is 0 Å². The van der Waals surface area contributed by atoms with Crippen LogP contribution in [0.15, 0.2) is 22.7 Å². The molecule has 24 heavy (non-hydrogen) atoms. The zero-order valence-electron chi connectivity index (χ0n) is 14.1. The molecule has 0 spiro atoms. The molecule has 5 heteroatoms. The molecule has 126 valence electrons. The normalized spacial score (nSPS) is 16.0. The number of aryl methyl sites for hydroxylation is 2. The number of carbonyl (C=O) groups is 1. The minimum Gasteiger partial charge on any atom is -0.361 e. The summed E-state index contributed by atoms with van der Waals surface area (Å²) in [7, 11) is 0. The van der Waals surface area contributed by atoms with E-state index in [1.807, 2.05) is 4.90 Å². The quantitative estimate of drug-likeness (QED) is 0.941. The fraction of sp³-hybridized carbons (Fsp3) is 0.474. The van der Waals surface area contributed by atoms with E-state index in [-0.39, 0.29) is 6.03 Å². The molecule has 2 aromatic rings. The molecule has 1 aromatic carbocycles. The van der Waals surface area contributed by atoms with Gasteiger partial charge in [-0.25, -0.2) is 4.79 Å². The van der Waals surface area contributed by atoms with Gasteiger partial charge in [0, 0.05) is 24.2 Å². The molecule has 0 radical (unpaired) electrons. The molecule has 0 saturated heterocycles. The van der Waals surface area contributed by atoms with E-state index in [0.717, 1.165) is 55.8 Å². The summed E-state index contributed by atoms with van der Waals surface area (Å²) >= 11 is 0. The van der Waals surface area contributed by atoms with Crippen LogP contribution in [-0.4, -0.2) is 17.7 Å². The molecule has 0 bridgehead atoms. The summed E-state index contributed by atoms with van der Waals surface area (Å²) < 4.78 is 5.41. The van der Waals surface area contributed by atoms with Gasteiger partial charge in [-0.15, -0.1) is 0 Å². The van der Waals surface area contributed by atoms with Crippen LogP contribution in [0.25, 0.3) is 0 Å². The fourth-order valence-corrected chi connectivity index (χ4v) is 3.73. The van der Waals surface area contributed by atoms with Crippen LogP contribution >= 0.6 is 0 Å². The van der Waals surface area contributed by atoms with Crippen molar-refractivity contribution in [1.82, 2.24) is 10.5 Å². The number of nitrogens with zero attached hydrogens (tertiary/aromatic N) is 2. The number of urea groups is 1. The lowest BCUT2D eigenvalue weighted by atomic mass is 9.96. The Balaban J connectivity index is 1.44. The van der Waals surface area contributed by atoms with Crippen molar-refractivity contribution in [2.75, 3.05) is 11.4 Å². The lowest BCUT2D eigenvalue weighted by Crippen LogP contribution is -2.38. The van der Waals surface area contributed by atoms with Crippen LogP contribution in [0.3, 0.4) is 0 Å². The topological polar surface area (TPSA) is 58.4 Å². The van der Waals surface area contributed by atoms with E-state index < -0.39 is 0 Å². The standard InChI is InChI=1S/C19H23N3O2/c1-2-13-7-8-17-14(11-13)9-10-22(17)19(23)20-12-16-15-5-3-4-6-18(15)24-21-16/h7-8,11H,2-6,9-10,12H2,1H3,(H,20,23). The minimum atomic E-state index is -0.0504. The first-order valence-corrected chi connectivity index (χ1v) is 8.89. The smallest absolute Gasteiger partial charge is 0.322 e. The van der Waals surface area contributed by atoms with E-state index in [1.54, 1.807) is 0 Å². The molecule has 1 aliphatic carbocycles. The second-order valence-electron chi connectivity index (χ2n) is 6.62. The predicted molar refractivity (Wildman–Crippen MR) is 92.3 cm³/mol. The van der Waals surface area contributed by atoms with E-state index >= 15 is 0 Å². The number of nitrogens with one attached hydrogen (secondary N) is 1. The summed E-state index contributed by atoms with van der Waals surface area (Å²) in [5.74, 6) is 1.00. The molecular weight excluding hydrogens is 302 g/mol. The predicted octanol–water partition coefficient (Wildman–Crippen LogP) is 3.39. The van der Waals surface area contributed by atoms with Gasteiger partial charge in [0.2, 0.25) is 0 Å². The Morgan fingerprint density at radius 3 is 3.04 bits per heavy atom. The van der Waals surface area contributed by atoms with Crippen LogP contribution in [0, 0.1) is 0 Å². The summed E-state index contributed by atoms with van der Waals surface area (Å²) in [6, 6.07) is 6.35. The van der Waals surface area contributed by atoms with Crippen molar-refractivity contribution >= 4 is 11.7 Å². The molecule has 5 nitrogen and oxygen atoms in total. The third-order valence-corrected chi connectivity index (χ3v) is 5.13. The highest BCUT2D eigenvalue weighted by atomic mass is 16.5. The van der Waals surface area contributed by atoms with Gasteiger partial charge in [0.15, 0.2) is 0 Å². The molecule has 1 N–H and O–H groups in total. The number of carbonyl (C=O) groups excluding carboxylic acids is 1. The zero-order chi connectivity index (χ0) is 16.5. The van der Waals surface area contributed by atoms with Gasteiger partial charge in [-0.2, -0.15) is 0 Å². The van der Waals surface area contributed by atoms with Gasteiger partial charge in [-0.05, 0) is 49.3 Å². The Hall–Kier alpha value is -2.30. The third-order valence-electron chi connectivity index (χ3n) is 5.13. The van der Waals surface area contributed by atoms with E-state index in [4.69, 9.17) is 4.52 Å². The van der Waals surface area contributed by atoms with E-state index in [1.165, 1.54) is 23.1 Å². The lowest BCUT2D eigenvalue weighted by molar-refractivity contribution is 0.246. The zero-order valence-corrected chi connectivity index (χ0v) is 14.1. The molecule has 4 rings (SSSR count). The summed E-state index contributed by atoms with van der Waals surface area (Å²) in [5, 5.41) is 7.17. The maximum atomic E-state index is 12.6. The number of aromatic nitrogens is 1. The highest BCUT2D eigenvalue weighted by Crippen LogP contribution is 2.29. The van der Waals surface area contributed by atoms with Gasteiger partial charge >= 0.3 is 6.03 Å². The first kappa shape index (κ1) is 15.2. The van der Waals surface area contributed by atoms with Gasteiger partial charge in [0.25, 0.3) is 0 Å². The van der Waals surface area contributed by atoms with Crippen LogP contribution in [0.1, 0.15) is 47.9 Å². The Morgan fingerprint density at radius 2 is 2.17 bits per heavy atom. The second-order valence-corrected chi connectivity index (χ2v) is 6.62. The Morgan fingerprint density at radius 1 is 1.29 bits per heavy atom. The van der Waals surface area contributed by atoms with Crippen molar-refractivity contribution in [1.29, 1.82) is 0 Å². The van der Waals surface area contributed by atoms with Crippen LogP contribution in [0.2, 0.25) is 0 Å². The third kappa shape index (κ3) is 2.68. The SMILES string of the molecule is CCc1ccc2c(c1)CCN2C(=O)NCc1noc2c1CCCC2. The molecule has 2 heterocycles. The summed E-state index contributed by atoms with van der Waals surface area (Å²) in [6.07, 6.45) is 6.27. The molecule has 0 fully saturated rings. The highest BCUT2D eigenvalue weighted by Gasteiger charge is 2.25. The number of hydrogen-bond acceptors (Lipinski definition) is 3. The fourth-order valence-electron chi connectivity index (χ4n) is 3.73. The van der Waals surface area contributed by atoms with Gasteiger partial charge in [-0.1, -0.05) is 24.2 Å². The average Bonchev–Trinajstić information content (AvgIpc) is 3.23. The molecular formula is C19H23N3O2. The van der Waals surface area contributed by atoms with Gasteiger partial charge in [0.05, 0.1) is 6.54 Å². The molecule has 0 atom stereocenters. The van der Waals surface area contributed by atoms with Crippen LogP contribution in [0.4, 0.5) is 10.5 Å². The van der Waals surface area contributed by atoms with Gasteiger partial charge in [-0.3, -0.25) is 4.90 Å².